The van der Waals surface area contributed by atoms with E-state index < -0.39 is 32.6 Å². The molecule has 15 nitrogen and oxygen atoms in total. The molecule has 0 amide bonds. The quantitative estimate of drug-likeness (QED) is 0.0236. The van der Waals surface area contributed by atoms with Crippen LogP contribution in [-0.2, 0) is 24.1 Å². The summed E-state index contributed by atoms with van der Waals surface area (Å²) < 4.78 is 49.1. The van der Waals surface area contributed by atoms with Gasteiger partial charge in [-0.05, 0) is 80.8 Å². The number of aromatic nitrogens is 4. The summed E-state index contributed by atoms with van der Waals surface area (Å²) in [5.74, 6) is 2.40. The topological polar surface area (TPSA) is 155 Å². The minimum absolute atomic E-state index is 0.0747. The highest BCUT2D eigenvalue weighted by molar-refractivity contribution is 7.44. The van der Waals surface area contributed by atoms with Crippen molar-refractivity contribution in [3.8, 4) is 29.0 Å². The number of hydrogen-bond donors (Lipinski definition) is 0. The van der Waals surface area contributed by atoms with E-state index in [1.165, 1.54) is 6.33 Å². The van der Waals surface area contributed by atoms with Crippen LogP contribution in [0.2, 0.25) is 0 Å². The maximum absolute atomic E-state index is 9.48. The molecule has 16 heteroatoms. The first-order valence-electron chi connectivity index (χ1n) is 20.9. The summed E-state index contributed by atoms with van der Waals surface area (Å²) in [6.07, 6.45) is 3.44. The molecule has 6 aromatic rings. The number of benzene rings is 3. The van der Waals surface area contributed by atoms with Crippen molar-refractivity contribution in [2.24, 2.45) is 4.99 Å². The molecule has 1 saturated heterocycles. The number of nitrogens with zero attached hydrogens (tertiary/aromatic N) is 8. The summed E-state index contributed by atoms with van der Waals surface area (Å²) >= 11 is 0. The zero-order valence-electron chi connectivity index (χ0n) is 37.0. The van der Waals surface area contributed by atoms with Crippen molar-refractivity contribution >= 4 is 31.7 Å². The second-order valence-electron chi connectivity index (χ2n) is 15.7. The van der Waals surface area contributed by atoms with Crippen LogP contribution in [0.4, 0.5) is 5.82 Å². The van der Waals surface area contributed by atoms with Gasteiger partial charge < -0.3 is 37.3 Å². The molecule has 4 atom stereocenters. The highest BCUT2D eigenvalue weighted by Crippen LogP contribution is 2.51. The highest BCUT2D eigenvalue weighted by atomic mass is 31.2. The lowest BCUT2D eigenvalue weighted by Gasteiger charge is -2.39. The number of rotatable bonds is 20. The van der Waals surface area contributed by atoms with Gasteiger partial charge in [0.2, 0.25) is 0 Å². The number of nitriles is 1. The minimum Gasteiger partial charge on any atom is -0.497 e. The largest absolute Gasteiger partial charge is 0.497 e. The number of hydrogen-bond acceptors (Lipinski definition) is 13. The highest BCUT2D eigenvalue weighted by Gasteiger charge is 2.46. The minimum atomic E-state index is -1.67. The van der Waals surface area contributed by atoms with E-state index in [0.717, 1.165) is 28.2 Å². The van der Waals surface area contributed by atoms with E-state index in [0.29, 0.717) is 34.7 Å². The van der Waals surface area contributed by atoms with Crippen molar-refractivity contribution in [3.63, 3.8) is 0 Å². The van der Waals surface area contributed by atoms with E-state index in [9.17, 15) is 5.26 Å². The van der Waals surface area contributed by atoms with Gasteiger partial charge in [-0.25, -0.2) is 24.3 Å². The zero-order valence-corrected chi connectivity index (χ0v) is 37.9. The fraction of sp³-hybridized carbons (Fsp3) is 0.383. The van der Waals surface area contributed by atoms with E-state index in [4.69, 9.17) is 42.5 Å². The summed E-state index contributed by atoms with van der Waals surface area (Å²) in [5, 5.41) is 15.2. The Bertz CT molecular complexity index is 2380. The van der Waals surface area contributed by atoms with Gasteiger partial charge in [0.05, 0.1) is 64.0 Å². The summed E-state index contributed by atoms with van der Waals surface area (Å²) in [4.78, 5) is 15.8. The molecule has 330 valence electrons. The van der Waals surface area contributed by atoms with Gasteiger partial charge in [-0.2, -0.15) is 10.4 Å². The van der Waals surface area contributed by atoms with Crippen LogP contribution in [0.3, 0.4) is 0 Å². The van der Waals surface area contributed by atoms with Crippen LogP contribution in [0.5, 0.6) is 11.5 Å². The van der Waals surface area contributed by atoms with Crippen LogP contribution in [0, 0.1) is 11.3 Å². The van der Waals surface area contributed by atoms with Gasteiger partial charge in [0, 0.05) is 32.6 Å². The molecule has 0 bridgehead atoms. The first-order chi connectivity index (χ1) is 30.6. The van der Waals surface area contributed by atoms with Crippen molar-refractivity contribution in [1.29, 1.82) is 5.26 Å². The second-order valence-corrected chi connectivity index (χ2v) is 17.2. The summed E-state index contributed by atoms with van der Waals surface area (Å²) in [6.45, 7) is 8.74. The SMILES string of the molecule is COc1ccc(C(OCC2OC(n3nc(-c4ccco4)c4c(N=CN(C)C)ncnc43)CC2OP(OCCC#N)N(C(C)C)C(C)C)(c2ccccc2)c2ccc(OC)cc2)cc1. The molecule has 0 spiro atoms. The molecule has 0 aliphatic carbocycles. The smallest absolute Gasteiger partial charge is 0.259 e. The predicted molar refractivity (Wildman–Crippen MR) is 242 cm³/mol. The van der Waals surface area contributed by atoms with E-state index >= 15 is 0 Å². The van der Waals surface area contributed by atoms with Crippen LogP contribution < -0.4 is 9.47 Å². The van der Waals surface area contributed by atoms with Crippen molar-refractivity contribution < 1.29 is 32.4 Å². The molecule has 3 aromatic carbocycles. The molecule has 1 aliphatic heterocycles. The molecule has 0 N–H and O–H groups in total. The Labute approximate surface area is 370 Å². The van der Waals surface area contributed by atoms with Crippen LogP contribution in [-0.4, -0.2) is 101 Å². The molecule has 4 unspecified atom stereocenters. The van der Waals surface area contributed by atoms with Gasteiger partial charge in [-0.15, -0.1) is 0 Å². The monoisotopic (exact) mass is 874 g/mol. The van der Waals surface area contributed by atoms with Crippen molar-refractivity contribution in [2.75, 3.05) is 41.5 Å². The Balaban J connectivity index is 1.35. The van der Waals surface area contributed by atoms with Crippen molar-refractivity contribution in [1.82, 2.24) is 29.3 Å². The van der Waals surface area contributed by atoms with Gasteiger partial charge in [-0.1, -0.05) is 54.6 Å². The Morgan fingerprint density at radius 3 is 2.13 bits per heavy atom. The van der Waals surface area contributed by atoms with E-state index in [1.54, 1.807) is 31.5 Å². The first kappa shape index (κ1) is 45.3. The van der Waals surface area contributed by atoms with Crippen molar-refractivity contribution in [3.05, 3.63) is 120 Å². The van der Waals surface area contributed by atoms with Gasteiger partial charge in [0.25, 0.3) is 8.53 Å². The summed E-state index contributed by atoms with van der Waals surface area (Å²) in [7, 11) is 5.41. The maximum atomic E-state index is 9.48. The van der Waals surface area contributed by atoms with Gasteiger partial charge in [0.15, 0.2) is 23.5 Å². The number of fused-ring (bicyclic) bond motifs is 1. The third-order valence-corrected chi connectivity index (χ3v) is 12.8. The molecule has 7 rings (SSSR count). The van der Waals surface area contributed by atoms with E-state index in [2.05, 4.69) is 60.5 Å². The summed E-state index contributed by atoms with van der Waals surface area (Å²) in [6, 6.07) is 32.0. The van der Waals surface area contributed by atoms with Crippen LogP contribution in [0.15, 0.2) is 113 Å². The normalized spacial score (nSPS) is 17.3. The fourth-order valence-corrected chi connectivity index (χ4v) is 9.57. The predicted octanol–water partition coefficient (Wildman–Crippen LogP) is 9.28. The molecule has 0 radical (unpaired) electrons. The number of aliphatic imine (C=N–C) groups is 1. The Morgan fingerprint density at radius 2 is 1.56 bits per heavy atom. The maximum Gasteiger partial charge on any atom is 0.259 e. The molecular weight excluding hydrogens is 820 g/mol. The molecule has 4 heterocycles. The molecule has 63 heavy (non-hydrogen) atoms. The van der Waals surface area contributed by atoms with E-state index in [1.807, 2.05) is 97.9 Å². The lowest BCUT2D eigenvalue weighted by atomic mass is 9.80. The van der Waals surface area contributed by atoms with Gasteiger partial charge in [-0.3, -0.25) is 0 Å². The van der Waals surface area contributed by atoms with Gasteiger partial charge in [0.1, 0.15) is 35.2 Å². The van der Waals surface area contributed by atoms with Crippen LogP contribution in [0.25, 0.3) is 22.5 Å². The van der Waals surface area contributed by atoms with Crippen LogP contribution in [0.1, 0.15) is 63.5 Å². The Hall–Kier alpha value is -5.72. The standard InChI is InChI=1S/C47H55N8O7P/c1-32(2)55(33(3)4)63(60-27-13-25-48)62-40-28-42(54-46-43(44(52-54)39-16-12-26-58-39)45(49-30-50-46)51-31-53(5)6)61-41(40)29-59-47(34-14-10-9-11-15-34,35-17-21-37(56-7)22-18-35)36-19-23-38(57-8)24-20-36/h9-12,14-24,26,30-33,40-42H,13,27-29H2,1-8H3. The second kappa shape index (κ2) is 20.6. The van der Waals surface area contributed by atoms with Gasteiger partial charge >= 0.3 is 0 Å². The number of ether oxygens (including phenoxy) is 4. The third-order valence-electron chi connectivity index (χ3n) is 10.6. The Morgan fingerprint density at radius 1 is 0.905 bits per heavy atom. The summed E-state index contributed by atoms with van der Waals surface area (Å²) in [5.41, 5.74) is 2.58. The van der Waals surface area contributed by atoms with Crippen molar-refractivity contribution in [2.45, 2.75) is 76.7 Å². The number of furan rings is 1. The van der Waals surface area contributed by atoms with Crippen LogP contribution >= 0.6 is 8.53 Å². The first-order valence-corrected chi connectivity index (χ1v) is 22.1. The molecule has 1 aliphatic rings. The number of methoxy groups -OCH3 is 2. The average molecular weight is 875 g/mol. The molecule has 0 saturated carbocycles. The van der Waals surface area contributed by atoms with E-state index in [-0.39, 0.29) is 31.7 Å². The lowest BCUT2D eigenvalue weighted by molar-refractivity contribution is -0.0931. The Kier molecular flexibility index (Phi) is 14.8. The average Bonchev–Trinajstić information content (AvgIpc) is 4.06. The zero-order chi connectivity index (χ0) is 44.5. The third kappa shape index (κ3) is 9.92. The lowest BCUT2D eigenvalue weighted by Crippen LogP contribution is -2.39. The molecule has 1 fully saturated rings. The fourth-order valence-electron chi connectivity index (χ4n) is 7.81. The molecular formula is C47H55N8O7P. The molecule has 3 aromatic heterocycles.